The van der Waals surface area contributed by atoms with E-state index in [2.05, 4.69) is 15.9 Å². The summed E-state index contributed by atoms with van der Waals surface area (Å²) in [4.78, 5) is 0.769. The van der Waals surface area contributed by atoms with Crippen molar-refractivity contribution in [1.82, 2.24) is 0 Å². The molecule has 1 aromatic carbocycles. The van der Waals surface area contributed by atoms with Gasteiger partial charge in [-0.15, -0.1) is 0 Å². The van der Waals surface area contributed by atoms with Crippen LogP contribution in [-0.4, -0.2) is 32.3 Å². The summed E-state index contributed by atoms with van der Waals surface area (Å²) in [6.07, 6.45) is 0. The maximum Gasteiger partial charge on any atom is 0.501 e. The third-order valence-corrected chi connectivity index (χ3v) is 5.19. The number of rotatable bonds is 4. The molecule has 1 rings (SSSR count). The highest BCUT2D eigenvalue weighted by Gasteiger charge is 2.48. The summed E-state index contributed by atoms with van der Waals surface area (Å²) >= 11 is 3.21. The van der Waals surface area contributed by atoms with Crippen LogP contribution in [0.3, 0.4) is 0 Å². The number of benzene rings is 1. The Bertz CT molecular complexity index is 545. The summed E-state index contributed by atoms with van der Waals surface area (Å²) in [7, 11) is -3.80. The third kappa shape index (κ3) is 3.22. The molecule has 0 aromatic heterocycles. The molecular formula is C11H13BrF3NO2S. The normalized spacial score (nSPS) is 14.2. The van der Waals surface area contributed by atoms with Crippen molar-refractivity contribution in [2.24, 2.45) is 0 Å². The van der Waals surface area contributed by atoms with Crippen LogP contribution in [0.1, 0.15) is 6.92 Å². The van der Waals surface area contributed by atoms with Gasteiger partial charge in [0, 0.05) is 18.4 Å². The molecule has 108 valence electrons. The zero-order valence-corrected chi connectivity index (χ0v) is 12.7. The van der Waals surface area contributed by atoms with Crippen molar-refractivity contribution in [2.75, 3.05) is 17.3 Å². The smallest absolute Gasteiger partial charge is 0.370 e. The van der Waals surface area contributed by atoms with Crippen molar-refractivity contribution >= 4 is 31.5 Å². The van der Waals surface area contributed by atoms with E-state index in [9.17, 15) is 21.6 Å². The molecule has 0 saturated carbocycles. The van der Waals surface area contributed by atoms with Gasteiger partial charge in [-0.2, -0.15) is 13.2 Å². The average Bonchev–Trinajstić information content (AvgIpc) is 2.35. The minimum absolute atomic E-state index is 0.0341. The number of sulfone groups is 1. The molecule has 1 unspecified atom stereocenters. The summed E-state index contributed by atoms with van der Waals surface area (Å²) in [5.74, 6) is 0. The fourth-order valence-corrected chi connectivity index (χ4v) is 2.87. The van der Waals surface area contributed by atoms with Gasteiger partial charge in [0.1, 0.15) is 0 Å². The first-order valence-corrected chi connectivity index (χ1v) is 7.92. The summed E-state index contributed by atoms with van der Waals surface area (Å²) in [6.45, 7) is 1.77. The van der Waals surface area contributed by atoms with Crippen molar-refractivity contribution < 1.29 is 21.6 Å². The van der Waals surface area contributed by atoms with Gasteiger partial charge in [-0.3, -0.25) is 0 Å². The first-order chi connectivity index (χ1) is 8.63. The molecule has 0 heterocycles. The summed E-state index contributed by atoms with van der Waals surface area (Å²) in [6, 6.07) is 4.95. The van der Waals surface area contributed by atoms with Gasteiger partial charge in [-0.1, -0.05) is 28.1 Å². The van der Waals surface area contributed by atoms with Gasteiger partial charge in [0.15, 0.2) is 0 Å². The molecule has 0 aliphatic carbocycles. The largest absolute Gasteiger partial charge is 0.501 e. The zero-order valence-electron chi connectivity index (χ0n) is 10.3. The summed E-state index contributed by atoms with van der Waals surface area (Å²) < 4.78 is 60.9. The van der Waals surface area contributed by atoms with E-state index in [1.807, 2.05) is 0 Å². The van der Waals surface area contributed by atoms with Gasteiger partial charge < -0.3 is 4.90 Å². The first-order valence-electron chi connectivity index (χ1n) is 5.32. The molecule has 0 aliphatic rings. The topological polar surface area (TPSA) is 37.4 Å². The van der Waals surface area contributed by atoms with Crippen LogP contribution >= 0.6 is 15.9 Å². The van der Waals surface area contributed by atoms with Crippen molar-refractivity contribution in [1.29, 1.82) is 0 Å². The highest BCUT2D eigenvalue weighted by atomic mass is 79.9. The molecule has 0 N–H and O–H groups in total. The van der Waals surface area contributed by atoms with E-state index in [1.54, 1.807) is 14.0 Å². The molecule has 0 bridgehead atoms. The van der Waals surface area contributed by atoms with E-state index in [0.717, 1.165) is 6.07 Å². The van der Waals surface area contributed by atoms with Crippen LogP contribution in [0.5, 0.6) is 0 Å². The van der Waals surface area contributed by atoms with Crippen molar-refractivity contribution in [3.63, 3.8) is 0 Å². The van der Waals surface area contributed by atoms with Crippen LogP contribution in [0.2, 0.25) is 0 Å². The summed E-state index contributed by atoms with van der Waals surface area (Å²) in [5, 5.41) is 0.504. The zero-order chi connectivity index (χ0) is 14.8. The number of anilines is 1. The predicted octanol–water partition coefficient (Wildman–Crippen LogP) is 3.20. The van der Waals surface area contributed by atoms with Crippen LogP contribution in [0.25, 0.3) is 0 Å². The molecule has 0 aliphatic heterocycles. The Morgan fingerprint density at radius 1 is 1.32 bits per heavy atom. The number of halogens is 4. The maximum absolute atomic E-state index is 12.6. The van der Waals surface area contributed by atoms with E-state index < -0.39 is 20.2 Å². The van der Waals surface area contributed by atoms with Crippen molar-refractivity contribution in [3.8, 4) is 0 Å². The predicted molar refractivity (Wildman–Crippen MR) is 71.3 cm³/mol. The lowest BCUT2D eigenvalue weighted by atomic mass is 10.2. The van der Waals surface area contributed by atoms with Gasteiger partial charge in [-0.25, -0.2) is 8.42 Å². The molecule has 19 heavy (non-hydrogen) atoms. The van der Waals surface area contributed by atoms with Gasteiger partial charge >= 0.3 is 5.51 Å². The minimum atomic E-state index is -5.35. The molecule has 3 nitrogen and oxygen atoms in total. The Kier molecular flexibility index (Phi) is 4.89. The molecule has 0 spiro atoms. The number of nitrogens with zero attached hydrogens (tertiary/aromatic N) is 1. The first kappa shape index (κ1) is 16.3. The molecule has 0 saturated heterocycles. The Hall–Kier alpha value is -0.760. The lowest BCUT2D eigenvalue weighted by Gasteiger charge is -2.27. The summed E-state index contributed by atoms with van der Waals surface area (Å²) in [5.41, 5.74) is -5.27. The second kappa shape index (κ2) is 5.70. The Balaban J connectivity index is 3.40. The fraction of sp³-hybridized carbons (Fsp3) is 0.455. The Labute approximate surface area is 118 Å². The van der Waals surface area contributed by atoms with Crippen molar-refractivity contribution in [2.45, 2.75) is 23.4 Å². The molecule has 0 radical (unpaired) electrons. The third-order valence-electron chi connectivity index (χ3n) is 2.72. The van der Waals surface area contributed by atoms with E-state index in [-0.39, 0.29) is 11.7 Å². The second-order valence-corrected chi connectivity index (χ2v) is 6.59. The van der Waals surface area contributed by atoms with Gasteiger partial charge in [-0.05, 0) is 19.1 Å². The second-order valence-electron chi connectivity index (χ2n) is 4.03. The maximum atomic E-state index is 12.6. The van der Waals surface area contributed by atoms with Crippen LogP contribution in [0.15, 0.2) is 29.2 Å². The average molecular weight is 360 g/mol. The van der Waals surface area contributed by atoms with Crippen LogP contribution in [-0.2, 0) is 9.84 Å². The Morgan fingerprint density at radius 3 is 2.32 bits per heavy atom. The van der Waals surface area contributed by atoms with E-state index in [0.29, 0.717) is 5.33 Å². The van der Waals surface area contributed by atoms with E-state index in [1.165, 1.54) is 23.1 Å². The van der Waals surface area contributed by atoms with Gasteiger partial charge in [0.25, 0.3) is 9.84 Å². The van der Waals surface area contributed by atoms with Crippen LogP contribution in [0.4, 0.5) is 18.9 Å². The van der Waals surface area contributed by atoms with Crippen LogP contribution < -0.4 is 4.90 Å². The quantitative estimate of drug-likeness (QED) is 0.774. The standard InChI is InChI=1S/C11H13BrF3NO2S/c1-8(7-12)16(2)9-5-3-4-6-10(9)19(17,18)11(13,14)15/h3-6,8H,7H2,1-2H3. The lowest BCUT2D eigenvalue weighted by Crippen LogP contribution is -2.33. The highest BCUT2D eigenvalue weighted by Crippen LogP contribution is 2.35. The van der Waals surface area contributed by atoms with Gasteiger partial charge in [0.2, 0.25) is 0 Å². The molecular weight excluding hydrogens is 347 g/mol. The van der Waals surface area contributed by atoms with Gasteiger partial charge in [0.05, 0.1) is 10.6 Å². The lowest BCUT2D eigenvalue weighted by molar-refractivity contribution is -0.0435. The molecule has 0 fully saturated rings. The molecule has 1 atom stereocenters. The Morgan fingerprint density at radius 2 is 1.84 bits per heavy atom. The number of alkyl halides is 4. The minimum Gasteiger partial charge on any atom is -0.370 e. The number of hydrogen-bond acceptors (Lipinski definition) is 3. The molecule has 0 amide bonds. The monoisotopic (exact) mass is 359 g/mol. The SMILES string of the molecule is CC(CBr)N(C)c1ccccc1S(=O)(=O)C(F)(F)F. The molecule has 8 heteroatoms. The fourth-order valence-electron chi connectivity index (χ4n) is 1.44. The van der Waals surface area contributed by atoms with Crippen LogP contribution in [0, 0.1) is 0 Å². The molecule has 1 aromatic rings. The number of para-hydroxylation sites is 1. The van der Waals surface area contributed by atoms with E-state index in [4.69, 9.17) is 0 Å². The number of hydrogen-bond donors (Lipinski definition) is 0. The highest BCUT2D eigenvalue weighted by molar-refractivity contribution is 9.09. The van der Waals surface area contributed by atoms with Crippen molar-refractivity contribution in [3.05, 3.63) is 24.3 Å². The van der Waals surface area contributed by atoms with E-state index >= 15 is 0 Å².